The van der Waals surface area contributed by atoms with Gasteiger partial charge in [-0.2, -0.15) is 5.10 Å². The van der Waals surface area contributed by atoms with Crippen molar-refractivity contribution in [2.24, 2.45) is 5.10 Å². The van der Waals surface area contributed by atoms with Crippen LogP contribution in [0, 0.1) is 6.92 Å². The van der Waals surface area contributed by atoms with Crippen molar-refractivity contribution in [2.75, 3.05) is 6.54 Å². The van der Waals surface area contributed by atoms with Gasteiger partial charge in [0, 0.05) is 48.1 Å². The first-order chi connectivity index (χ1) is 14.1. The number of piperidine rings is 1. The van der Waals surface area contributed by atoms with Gasteiger partial charge in [-0.25, -0.2) is 5.43 Å². The minimum absolute atomic E-state index is 0.0377. The number of aromatic nitrogens is 1. The molecule has 0 radical (unpaired) electrons. The van der Waals surface area contributed by atoms with Gasteiger partial charge in [0.15, 0.2) is 5.76 Å². The summed E-state index contributed by atoms with van der Waals surface area (Å²) in [6, 6.07) is 3.51. The SMILES string of the molecule is Cc1c(C(=O)N2CCCCC2C)oc2c1/C(=N/NC(=O)c1ccncc1)CCC2. The maximum Gasteiger partial charge on any atom is 0.290 e. The van der Waals surface area contributed by atoms with Crippen LogP contribution in [0.5, 0.6) is 0 Å². The minimum Gasteiger partial charge on any atom is -0.455 e. The van der Waals surface area contributed by atoms with Crippen molar-refractivity contribution in [1.29, 1.82) is 0 Å². The van der Waals surface area contributed by atoms with Gasteiger partial charge in [0.25, 0.3) is 11.8 Å². The maximum atomic E-state index is 13.1. The Morgan fingerprint density at radius 3 is 2.76 bits per heavy atom. The summed E-state index contributed by atoms with van der Waals surface area (Å²) >= 11 is 0. The molecule has 2 aliphatic rings. The van der Waals surface area contributed by atoms with Crippen molar-refractivity contribution in [2.45, 2.75) is 58.4 Å². The van der Waals surface area contributed by atoms with E-state index in [1.54, 1.807) is 24.5 Å². The normalized spacial score (nSPS) is 20.4. The zero-order valence-electron chi connectivity index (χ0n) is 16.9. The van der Waals surface area contributed by atoms with E-state index in [1.807, 2.05) is 11.8 Å². The van der Waals surface area contributed by atoms with Crippen molar-refractivity contribution < 1.29 is 14.0 Å². The van der Waals surface area contributed by atoms with E-state index in [0.717, 1.165) is 67.7 Å². The molecule has 3 heterocycles. The highest BCUT2D eigenvalue weighted by atomic mass is 16.4. The van der Waals surface area contributed by atoms with Gasteiger partial charge in [0.1, 0.15) is 5.76 Å². The topological polar surface area (TPSA) is 87.8 Å². The Bertz CT molecular complexity index is 948. The molecule has 1 aliphatic heterocycles. The zero-order valence-corrected chi connectivity index (χ0v) is 16.9. The van der Waals surface area contributed by atoms with Gasteiger partial charge in [0.2, 0.25) is 0 Å². The Morgan fingerprint density at radius 2 is 2.00 bits per heavy atom. The fourth-order valence-electron chi connectivity index (χ4n) is 4.20. The van der Waals surface area contributed by atoms with Gasteiger partial charge in [0.05, 0.1) is 5.71 Å². The predicted octanol–water partition coefficient (Wildman–Crippen LogP) is 3.47. The first-order valence-electron chi connectivity index (χ1n) is 10.3. The lowest BCUT2D eigenvalue weighted by Gasteiger charge is -2.32. The van der Waals surface area contributed by atoms with E-state index in [-0.39, 0.29) is 17.9 Å². The van der Waals surface area contributed by atoms with E-state index in [9.17, 15) is 9.59 Å². The van der Waals surface area contributed by atoms with Crippen LogP contribution in [0.1, 0.15) is 76.8 Å². The first-order valence-corrected chi connectivity index (χ1v) is 10.3. The van der Waals surface area contributed by atoms with Crippen molar-refractivity contribution in [3.05, 3.63) is 52.7 Å². The molecule has 2 aromatic heterocycles. The van der Waals surface area contributed by atoms with E-state index in [1.165, 1.54) is 0 Å². The number of carbonyl (C=O) groups is 2. The molecule has 0 bridgehead atoms. The number of pyridine rings is 1. The van der Waals surface area contributed by atoms with Crippen LogP contribution in [0.15, 0.2) is 34.0 Å². The average molecular weight is 394 g/mol. The number of hydrazone groups is 1. The number of fused-ring (bicyclic) bond motifs is 1. The quantitative estimate of drug-likeness (QED) is 0.808. The van der Waals surface area contributed by atoms with Gasteiger partial charge in [-0.05, 0) is 58.1 Å². The Kier molecular flexibility index (Phi) is 5.47. The number of aryl methyl sites for hydroxylation is 1. The molecule has 4 rings (SSSR count). The van der Waals surface area contributed by atoms with E-state index in [0.29, 0.717) is 11.3 Å². The number of hydrogen-bond acceptors (Lipinski definition) is 5. The largest absolute Gasteiger partial charge is 0.455 e. The second-order valence-corrected chi connectivity index (χ2v) is 7.79. The van der Waals surface area contributed by atoms with Crippen LogP contribution in [0.25, 0.3) is 0 Å². The van der Waals surface area contributed by atoms with Gasteiger partial charge in [-0.15, -0.1) is 0 Å². The highest BCUT2D eigenvalue weighted by Gasteiger charge is 2.32. The predicted molar refractivity (Wildman–Crippen MR) is 109 cm³/mol. The summed E-state index contributed by atoms with van der Waals surface area (Å²) in [6.07, 6.45) is 8.74. The zero-order chi connectivity index (χ0) is 20.4. The number of nitrogens with one attached hydrogen (secondary N) is 1. The molecule has 1 saturated heterocycles. The second kappa shape index (κ2) is 8.19. The summed E-state index contributed by atoms with van der Waals surface area (Å²) in [7, 11) is 0. The van der Waals surface area contributed by atoms with E-state index < -0.39 is 0 Å². The summed E-state index contributed by atoms with van der Waals surface area (Å²) in [5, 5.41) is 4.37. The minimum atomic E-state index is -0.286. The number of nitrogens with zero attached hydrogens (tertiary/aromatic N) is 3. The van der Waals surface area contributed by atoms with Crippen LogP contribution in [-0.4, -0.2) is 40.0 Å². The molecular weight excluding hydrogens is 368 g/mol. The Hall–Kier alpha value is -2.96. The Morgan fingerprint density at radius 1 is 1.21 bits per heavy atom. The molecule has 29 heavy (non-hydrogen) atoms. The molecule has 0 aromatic carbocycles. The molecule has 1 atom stereocenters. The Balaban J connectivity index is 1.59. The highest BCUT2D eigenvalue weighted by Crippen LogP contribution is 2.31. The van der Waals surface area contributed by atoms with Crippen molar-refractivity contribution in [3.63, 3.8) is 0 Å². The molecule has 0 spiro atoms. The smallest absolute Gasteiger partial charge is 0.290 e. The lowest BCUT2D eigenvalue weighted by Crippen LogP contribution is -2.42. The van der Waals surface area contributed by atoms with Gasteiger partial charge >= 0.3 is 0 Å². The molecule has 7 heteroatoms. The summed E-state index contributed by atoms with van der Waals surface area (Å²) in [5.41, 5.74) is 5.59. The lowest BCUT2D eigenvalue weighted by molar-refractivity contribution is 0.0600. The van der Waals surface area contributed by atoms with Crippen LogP contribution in [0.2, 0.25) is 0 Å². The molecule has 1 N–H and O–H groups in total. The number of rotatable bonds is 3. The molecular formula is C22H26N4O3. The molecule has 2 aromatic rings. The van der Waals surface area contributed by atoms with Crippen molar-refractivity contribution >= 4 is 17.5 Å². The highest BCUT2D eigenvalue weighted by molar-refractivity contribution is 6.07. The second-order valence-electron chi connectivity index (χ2n) is 7.79. The number of carbonyl (C=O) groups excluding carboxylic acids is 2. The van der Waals surface area contributed by atoms with Crippen LogP contribution in [0.3, 0.4) is 0 Å². The molecule has 1 aliphatic carbocycles. The molecule has 152 valence electrons. The Labute approximate surface area is 170 Å². The van der Waals surface area contributed by atoms with E-state index in [2.05, 4.69) is 22.4 Å². The van der Waals surface area contributed by atoms with Gasteiger partial charge in [-0.1, -0.05) is 0 Å². The van der Waals surface area contributed by atoms with Crippen molar-refractivity contribution in [3.8, 4) is 0 Å². The number of amides is 2. The van der Waals surface area contributed by atoms with Gasteiger partial charge < -0.3 is 9.32 Å². The molecule has 1 fully saturated rings. The fraction of sp³-hybridized carbons (Fsp3) is 0.455. The summed E-state index contributed by atoms with van der Waals surface area (Å²) < 4.78 is 6.03. The van der Waals surface area contributed by atoms with Crippen LogP contribution >= 0.6 is 0 Å². The summed E-state index contributed by atoms with van der Waals surface area (Å²) in [6.45, 7) is 4.78. The number of furan rings is 1. The summed E-state index contributed by atoms with van der Waals surface area (Å²) in [5.74, 6) is 0.883. The monoisotopic (exact) mass is 394 g/mol. The van der Waals surface area contributed by atoms with Crippen molar-refractivity contribution in [1.82, 2.24) is 15.3 Å². The van der Waals surface area contributed by atoms with Crippen LogP contribution < -0.4 is 5.43 Å². The number of likely N-dealkylation sites (tertiary alicyclic amines) is 1. The van der Waals surface area contributed by atoms with Crippen LogP contribution in [0.4, 0.5) is 0 Å². The fourth-order valence-corrected chi connectivity index (χ4v) is 4.20. The molecule has 7 nitrogen and oxygen atoms in total. The van der Waals surface area contributed by atoms with Crippen LogP contribution in [-0.2, 0) is 6.42 Å². The molecule has 0 saturated carbocycles. The van der Waals surface area contributed by atoms with E-state index in [4.69, 9.17) is 4.42 Å². The maximum absolute atomic E-state index is 13.1. The molecule has 1 unspecified atom stereocenters. The average Bonchev–Trinajstić information content (AvgIpc) is 3.09. The van der Waals surface area contributed by atoms with Gasteiger partial charge in [-0.3, -0.25) is 14.6 Å². The molecule has 2 amide bonds. The third-order valence-electron chi connectivity index (χ3n) is 5.82. The third kappa shape index (κ3) is 3.81. The lowest BCUT2D eigenvalue weighted by atomic mass is 9.93. The standard InChI is InChI=1S/C22H26N4O3/c1-14-6-3-4-13-26(14)22(28)20-15(2)19-17(7-5-8-18(19)29-20)24-25-21(27)16-9-11-23-12-10-16/h9-12,14H,3-8,13H2,1-2H3,(H,25,27)/b24-17+. The van der Waals surface area contributed by atoms with E-state index >= 15 is 0 Å². The first kappa shape index (κ1) is 19.4. The third-order valence-corrected chi connectivity index (χ3v) is 5.82. The number of hydrogen-bond donors (Lipinski definition) is 1. The summed E-state index contributed by atoms with van der Waals surface area (Å²) in [4.78, 5) is 31.3.